The van der Waals surface area contributed by atoms with Gasteiger partial charge in [0.2, 0.25) is 0 Å². The molecule has 2 rings (SSSR count). The molecule has 0 saturated heterocycles. The lowest BCUT2D eigenvalue weighted by atomic mass is 9.92. The van der Waals surface area contributed by atoms with Crippen LogP contribution in [0.25, 0.3) is 10.9 Å². The van der Waals surface area contributed by atoms with E-state index in [-0.39, 0.29) is 6.04 Å². The summed E-state index contributed by atoms with van der Waals surface area (Å²) in [5.41, 5.74) is 8.60. The first-order valence-electron chi connectivity index (χ1n) is 6.30. The van der Waals surface area contributed by atoms with Crippen molar-refractivity contribution in [2.24, 2.45) is 11.7 Å². The second kappa shape index (κ2) is 5.28. The normalized spacial score (nSPS) is 14.8. The minimum absolute atomic E-state index is 0.228. The highest BCUT2D eigenvalue weighted by atomic mass is 14.7. The molecule has 0 aliphatic carbocycles. The van der Waals surface area contributed by atoms with E-state index in [9.17, 15) is 0 Å². The number of hydrogen-bond acceptors (Lipinski definition) is 2. The Kier molecular flexibility index (Phi) is 3.75. The van der Waals surface area contributed by atoms with Crippen molar-refractivity contribution in [3.63, 3.8) is 0 Å². The summed E-state index contributed by atoms with van der Waals surface area (Å²) in [6, 6.07) is 10.6. The molecule has 2 nitrogen and oxygen atoms in total. The number of nitrogens with two attached hydrogens (primary N) is 1. The van der Waals surface area contributed by atoms with Crippen LogP contribution in [0.3, 0.4) is 0 Å². The van der Waals surface area contributed by atoms with Crippen LogP contribution in [0.4, 0.5) is 0 Å². The lowest BCUT2D eigenvalue weighted by Crippen LogP contribution is -2.30. The number of para-hydroxylation sites is 1. The summed E-state index contributed by atoms with van der Waals surface area (Å²) >= 11 is 0. The molecular weight excluding hydrogens is 208 g/mol. The summed E-state index contributed by atoms with van der Waals surface area (Å²) in [7, 11) is 0. The van der Waals surface area contributed by atoms with E-state index in [4.69, 9.17) is 5.73 Å². The van der Waals surface area contributed by atoms with E-state index in [0.717, 1.165) is 18.4 Å². The Morgan fingerprint density at radius 2 is 2.00 bits per heavy atom. The van der Waals surface area contributed by atoms with E-state index in [1.54, 1.807) is 0 Å². The second-order valence-corrected chi connectivity index (χ2v) is 4.74. The van der Waals surface area contributed by atoms with Crippen molar-refractivity contribution < 1.29 is 0 Å². The van der Waals surface area contributed by atoms with Crippen LogP contribution >= 0.6 is 0 Å². The second-order valence-electron chi connectivity index (χ2n) is 4.74. The highest BCUT2D eigenvalue weighted by molar-refractivity contribution is 5.81. The summed E-state index contributed by atoms with van der Waals surface area (Å²) in [4.78, 5) is 4.37. The van der Waals surface area contributed by atoms with Crippen molar-refractivity contribution in [3.8, 4) is 0 Å². The van der Waals surface area contributed by atoms with Crippen molar-refractivity contribution in [2.45, 2.75) is 32.7 Å². The number of aromatic nitrogens is 1. The van der Waals surface area contributed by atoms with Crippen molar-refractivity contribution in [1.82, 2.24) is 4.98 Å². The summed E-state index contributed by atoms with van der Waals surface area (Å²) in [5.74, 6) is 0.557. The van der Waals surface area contributed by atoms with Crippen LogP contribution < -0.4 is 5.73 Å². The first-order chi connectivity index (χ1) is 8.22. The minimum atomic E-state index is 0.228. The molecule has 2 unspecified atom stereocenters. The van der Waals surface area contributed by atoms with Crippen molar-refractivity contribution >= 4 is 10.9 Å². The van der Waals surface area contributed by atoms with Crippen molar-refractivity contribution in [3.05, 3.63) is 42.1 Å². The van der Waals surface area contributed by atoms with Gasteiger partial charge in [0, 0.05) is 17.6 Å². The van der Waals surface area contributed by atoms with Gasteiger partial charge >= 0.3 is 0 Å². The zero-order chi connectivity index (χ0) is 12.3. The molecule has 0 bridgehead atoms. The zero-order valence-corrected chi connectivity index (χ0v) is 10.6. The van der Waals surface area contributed by atoms with Gasteiger partial charge in [-0.3, -0.25) is 4.98 Å². The van der Waals surface area contributed by atoms with Gasteiger partial charge in [-0.25, -0.2) is 0 Å². The molecule has 2 atom stereocenters. The first kappa shape index (κ1) is 12.1. The molecular formula is C15H20N2. The first-order valence-corrected chi connectivity index (χ1v) is 6.30. The molecule has 0 aliphatic heterocycles. The Morgan fingerprint density at radius 3 is 2.76 bits per heavy atom. The van der Waals surface area contributed by atoms with Gasteiger partial charge in [-0.1, -0.05) is 38.5 Å². The van der Waals surface area contributed by atoms with Crippen LogP contribution in [0.5, 0.6) is 0 Å². The number of pyridine rings is 1. The highest BCUT2D eigenvalue weighted by Crippen LogP contribution is 2.19. The fraction of sp³-hybridized carbons (Fsp3) is 0.400. The van der Waals surface area contributed by atoms with Crippen LogP contribution in [0.15, 0.2) is 36.5 Å². The van der Waals surface area contributed by atoms with E-state index >= 15 is 0 Å². The van der Waals surface area contributed by atoms with Gasteiger partial charge in [0.05, 0.1) is 5.52 Å². The molecule has 0 fully saturated rings. The van der Waals surface area contributed by atoms with Gasteiger partial charge in [0.1, 0.15) is 0 Å². The van der Waals surface area contributed by atoms with Gasteiger partial charge < -0.3 is 5.73 Å². The van der Waals surface area contributed by atoms with E-state index in [1.807, 2.05) is 18.3 Å². The third-order valence-electron chi connectivity index (χ3n) is 3.57. The Balaban J connectivity index is 2.30. The summed E-state index contributed by atoms with van der Waals surface area (Å²) in [6.07, 6.45) is 3.93. The van der Waals surface area contributed by atoms with Gasteiger partial charge in [0.25, 0.3) is 0 Å². The predicted octanol–water partition coefficient (Wildman–Crippen LogP) is 3.15. The van der Waals surface area contributed by atoms with E-state index in [1.165, 1.54) is 10.9 Å². The monoisotopic (exact) mass is 228 g/mol. The molecule has 2 heteroatoms. The standard InChI is InChI=1S/C15H20N2/c1-3-11(2)14(16)10-12-8-9-17-15-7-5-4-6-13(12)15/h4-9,11,14H,3,10,16H2,1-2H3. The maximum Gasteiger partial charge on any atom is 0.0704 e. The molecule has 0 saturated carbocycles. The fourth-order valence-electron chi connectivity index (χ4n) is 2.09. The number of fused-ring (bicyclic) bond motifs is 1. The number of nitrogens with zero attached hydrogens (tertiary/aromatic N) is 1. The van der Waals surface area contributed by atoms with E-state index in [0.29, 0.717) is 5.92 Å². The minimum Gasteiger partial charge on any atom is -0.327 e. The summed E-state index contributed by atoms with van der Waals surface area (Å²) < 4.78 is 0. The average molecular weight is 228 g/mol. The molecule has 90 valence electrons. The Hall–Kier alpha value is -1.41. The molecule has 0 amide bonds. The predicted molar refractivity (Wildman–Crippen MR) is 72.9 cm³/mol. The van der Waals surface area contributed by atoms with Crippen molar-refractivity contribution in [1.29, 1.82) is 0 Å². The van der Waals surface area contributed by atoms with Crippen LogP contribution in [-0.4, -0.2) is 11.0 Å². The molecule has 1 aromatic carbocycles. The molecule has 2 aromatic rings. The van der Waals surface area contributed by atoms with E-state index in [2.05, 4.69) is 37.0 Å². The Labute approximate surface area is 103 Å². The van der Waals surface area contributed by atoms with Gasteiger partial charge in [-0.15, -0.1) is 0 Å². The third kappa shape index (κ3) is 2.64. The topological polar surface area (TPSA) is 38.9 Å². The molecule has 0 spiro atoms. The van der Waals surface area contributed by atoms with Gasteiger partial charge in [-0.2, -0.15) is 0 Å². The smallest absolute Gasteiger partial charge is 0.0704 e. The van der Waals surface area contributed by atoms with Gasteiger partial charge in [0.15, 0.2) is 0 Å². The number of hydrogen-bond donors (Lipinski definition) is 1. The molecule has 0 aliphatic rings. The molecule has 1 aromatic heterocycles. The molecule has 2 N–H and O–H groups in total. The average Bonchev–Trinajstić information content (AvgIpc) is 2.38. The van der Waals surface area contributed by atoms with Gasteiger partial charge in [-0.05, 0) is 30.0 Å². The molecule has 0 radical (unpaired) electrons. The SMILES string of the molecule is CCC(C)C(N)Cc1ccnc2ccccc12. The Bertz CT molecular complexity index is 488. The summed E-state index contributed by atoms with van der Waals surface area (Å²) in [6.45, 7) is 4.41. The van der Waals surface area contributed by atoms with E-state index < -0.39 is 0 Å². The van der Waals surface area contributed by atoms with Crippen molar-refractivity contribution in [2.75, 3.05) is 0 Å². The maximum atomic E-state index is 6.23. The maximum absolute atomic E-state index is 6.23. The summed E-state index contributed by atoms with van der Waals surface area (Å²) in [5, 5.41) is 1.23. The Morgan fingerprint density at radius 1 is 1.24 bits per heavy atom. The zero-order valence-electron chi connectivity index (χ0n) is 10.6. The number of benzene rings is 1. The van der Waals surface area contributed by atoms with Crippen LogP contribution in [-0.2, 0) is 6.42 Å². The lowest BCUT2D eigenvalue weighted by Gasteiger charge is -2.19. The highest BCUT2D eigenvalue weighted by Gasteiger charge is 2.12. The fourth-order valence-corrected chi connectivity index (χ4v) is 2.09. The largest absolute Gasteiger partial charge is 0.327 e. The van der Waals surface area contributed by atoms with Crippen LogP contribution in [0, 0.1) is 5.92 Å². The third-order valence-corrected chi connectivity index (χ3v) is 3.57. The molecule has 17 heavy (non-hydrogen) atoms. The quantitative estimate of drug-likeness (QED) is 0.873. The molecule has 1 heterocycles. The number of rotatable bonds is 4. The lowest BCUT2D eigenvalue weighted by molar-refractivity contribution is 0.441. The van der Waals surface area contributed by atoms with Crippen LogP contribution in [0.1, 0.15) is 25.8 Å². The van der Waals surface area contributed by atoms with Crippen LogP contribution in [0.2, 0.25) is 0 Å².